The second-order valence-corrected chi connectivity index (χ2v) is 4.95. The summed E-state index contributed by atoms with van der Waals surface area (Å²) >= 11 is 0.963. The maximum Gasteiger partial charge on any atom is 0.312 e. The molecule has 0 unspecified atom stereocenters. The van der Waals surface area contributed by atoms with Gasteiger partial charge in [-0.25, -0.2) is 4.79 Å². The van der Waals surface area contributed by atoms with Crippen LogP contribution in [0.25, 0.3) is 0 Å². The lowest BCUT2D eigenvalue weighted by Gasteiger charge is -2.07. The third-order valence-corrected chi connectivity index (χ3v) is 3.10. The van der Waals surface area contributed by atoms with E-state index in [1.165, 1.54) is 12.2 Å². The summed E-state index contributed by atoms with van der Waals surface area (Å²) in [5.74, 6) is -0.712. The second kappa shape index (κ2) is 7.51. The number of hydrogen-bond donors (Lipinski definition) is 3. The Labute approximate surface area is 119 Å². The molecule has 1 atom stereocenters. The summed E-state index contributed by atoms with van der Waals surface area (Å²) in [5.41, 5.74) is 0.815. The highest BCUT2D eigenvalue weighted by Gasteiger charge is 2.21. The van der Waals surface area contributed by atoms with Gasteiger partial charge in [-0.15, -0.1) is 0 Å². The van der Waals surface area contributed by atoms with Gasteiger partial charge in [0.25, 0.3) is 5.24 Å². The number of carboxylic acid groups (broad SMARTS) is 1. The van der Waals surface area contributed by atoms with Crippen molar-refractivity contribution in [3.05, 3.63) is 24.3 Å². The Morgan fingerprint density at radius 3 is 2.35 bits per heavy atom. The van der Waals surface area contributed by atoms with E-state index in [0.717, 1.165) is 17.4 Å². The zero-order valence-corrected chi connectivity index (χ0v) is 11.5. The molecule has 0 aliphatic carbocycles. The number of aromatic hydroxyl groups is 1. The first-order valence-corrected chi connectivity index (χ1v) is 6.65. The number of hydrogen-bond acceptors (Lipinski definition) is 6. The summed E-state index contributed by atoms with van der Waals surface area (Å²) in [4.78, 5) is 30.9. The molecule has 2 rings (SSSR count). The number of nitrogens with one attached hydrogen (secondary N) is 1. The van der Waals surface area contributed by atoms with Crippen LogP contribution < -0.4 is 15.7 Å². The van der Waals surface area contributed by atoms with Gasteiger partial charge in [0.05, 0.1) is 18.9 Å². The van der Waals surface area contributed by atoms with Gasteiger partial charge in [-0.05, 0) is 12.1 Å². The molecule has 1 heterocycles. The van der Waals surface area contributed by atoms with E-state index in [-0.39, 0.29) is 22.6 Å². The molecule has 1 saturated heterocycles. The molecule has 4 N–H and O–H groups in total. The Morgan fingerprint density at radius 1 is 1.40 bits per heavy atom. The van der Waals surface area contributed by atoms with Crippen molar-refractivity contribution in [1.29, 1.82) is 0 Å². The SMILES string of the molecule is CC(=O)[NH2+]c1ccc(O)cc1.O=C1N[C@H](C(=O)[O-])CS1. The number of rotatable bonds is 2. The monoisotopic (exact) mass is 298 g/mol. The van der Waals surface area contributed by atoms with E-state index in [1.54, 1.807) is 24.3 Å². The molecular formula is C12H14N2O5S. The number of benzene rings is 1. The van der Waals surface area contributed by atoms with E-state index >= 15 is 0 Å². The van der Waals surface area contributed by atoms with Gasteiger partial charge >= 0.3 is 5.91 Å². The van der Waals surface area contributed by atoms with Crippen molar-refractivity contribution in [2.45, 2.75) is 13.0 Å². The van der Waals surface area contributed by atoms with Crippen molar-refractivity contribution in [3.63, 3.8) is 0 Å². The number of carbonyl (C=O) groups is 3. The van der Waals surface area contributed by atoms with Crippen molar-refractivity contribution in [2.75, 3.05) is 5.75 Å². The Hall–Kier alpha value is -2.06. The number of thioether (sulfide) groups is 1. The van der Waals surface area contributed by atoms with E-state index in [2.05, 4.69) is 5.32 Å². The largest absolute Gasteiger partial charge is 0.548 e. The first-order chi connectivity index (χ1) is 9.38. The van der Waals surface area contributed by atoms with Gasteiger partial charge in [-0.3, -0.25) is 10.1 Å². The van der Waals surface area contributed by atoms with Crippen LogP contribution >= 0.6 is 11.8 Å². The Kier molecular flexibility index (Phi) is 6.01. The molecular weight excluding hydrogens is 284 g/mol. The lowest BCUT2D eigenvalue weighted by atomic mass is 10.3. The van der Waals surface area contributed by atoms with Crippen LogP contribution in [0.2, 0.25) is 0 Å². The summed E-state index contributed by atoms with van der Waals surface area (Å²) in [5, 5.41) is 22.3. The molecule has 20 heavy (non-hydrogen) atoms. The minimum absolute atomic E-state index is 0.00990. The van der Waals surface area contributed by atoms with E-state index in [9.17, 15) is 19.5 Å². The van der Waals surface area contributed by atoms with Gasteiger partial charge in [0.2, 0.25) is 0 Å². The lowest BCUT2D eigenvalue weighted by molar-refractivity contribution is -0.481. The van der Waals surface area contributed by atoms with Crippen molar-refractivity contribution in [1.82, 2.24) is 5.32 Å². The number of quaternary nitrogens is 1. The van der Waals surface area contributed by atoms with Crippen LogP contribution in [0.1, 0.15) is 6.92 Å². The van der Waals surface area contributed by atoms with Gasteiger partial charge in [0.1, 0.15) is 11.4 Å². The number of amides is 2. The summed E-state index contributed by atoms with van der Waals surface area (Å²) < 4.78 is 0. The minimum atomic E-state index is -1.21. The zero-order valence-electron chi connectivity index (χ0n) is 10.7. The van der Waals surface area contributed by atoms with E-state index in [0.29, 0.717) is 0 Å². The molecule has 0 aromatic heterocycles. The van der Waals surface area contributed by atoms with Gasteiger partial charge in [0.15, 0.2) is 0 Å². The summed E-state index contributed by atoms with van der Waals surface area (Å²) in [6, 6.07) is 5.69. The van der Waals surface area contributed by atoms with Gasteiger partial charge in [-0.1, -0.05) is 11.8 Å². The fraction of sp³-hybridized carbons (Fsp3) is 0.250. The average Bonchev–Trinajstić information content (AvgIpc) is 2.79. The predicted octanol–water partition coefficient (Wildman–Crippen LogP) is -1.31. The van der Waals surface area contributed by atoms with Crippen molar-refractivity contribution in [2.24, 2.45) is 0 Å². The number of phenols is 1. The highest BCUT2D eigenvalue weighted by molar-refractivity contribution is 8.14. The number of aliphatic carboxylic acids is 1. The normalized spacial score (nSPS) is 16.9. The van der Waals surface area contributed by atoms with Crippen LogP contribution in [-0.2, 0) is 9.59 Å². The number of primary amides is 1. The number of phenolic OH excluding ortho intramolecular Hbond substituents is 1. The van der Waals surface area contributed by atoms with Gasteiger partial charge in [0, 0.05) is 17.9 Å². The van der Waals surface area contributed by atoms with Crippen LogP contribution in [0.4, 0.5) is 10.5 Å². The van der Waals surface area contributed by atoms with Gasteiger partial charge in [-0.2, -0.15) is 0 Å². The highest BCUT2D eigenvalue weighted by atomic mass is 32.2. The van der Waals surface area contributed by atoms with Crippen molar-refractivity contribution >= 4 is 34.6 Å². The fourth-order valence-corrected chi connectivity index (χ4v) is 2.08. The summed E-state index contributed by atoms with van der Waals surface area (Å²) in [6.45, 7) is 1.49. The molecule has 1 fully saturated rings. The van der Waals surface area contributed by atoms with E-state index in [1.807, 2.05) is 0 Å². The average molecular weight is 298 g/mol. The Balaban J connectivity index is 0.000000204. The standard InChI is InChI=1S/C8H9NO2.C4H5NO3S/c1-6(10)9-7-2-4-8(11)5-3-7;6-3(7)2-1-9-4(8)5-2/h2-5,11H,1H3,(H,9,10);2H,1H2,(H,5,8)(H,6,7)/t;2-/m.0/s1. The molecule has 0 bridgehead atoms. The fourth-order valence-electron chi connectivity index (χ4n) is 1.32. The van der Waals surface area contributed by atoms with Crippen LogP contribution in [0.3, 0.4) is 0 Å². The zero-order chi connectivity index (χ0) is 15.1. The maximum atomic E-state index is 10.6. The van der Waals surface area contributed by atoms with Gasteiger partial charge < -0.3 is 20.3 Å². The minimum Gasteiger partial charge on any atom is -0.548 e. The van der Waals surface area contributed by atoms with E-state index < -0.39 is 12.0 Å². The molecule has 7 nitrogen and oxygen atoms in total. The number of carboxylic acids is 1. The summed E-state index contributed by atoms with van der Waals surface area (Å²) in [7, 11) is 0. The first-order valence-electron chi connectivity index (χ1n) is 5.67. The van der Waals surface area contributed by atoms with Crippen LogP contribution in [0.5, 0.6) is 5.75 Å². The van der Waals surface area contributed by atoms with Crippen LogP contribution in [0.15, 0.2) is 24.3 Å². The molecule has 1 aliphatic heterocycles. The molecule has 1 aromatic rings. The Morgan fingerprint density at radius 2 is 2.00 bits per heavy atom. The predicted molar refractivity (Wildman–Crippen MR) is 70.2 cm³/mol. The molecule has 1 aromatic carbocycles. The lowest BCUT2D eigenvalue weighted by Crippen LogP contribution is -2.81. The molecule has 8 heteroatoms. The molecule has 0 saturated carbocycles. The Bertz CT molecular complexity index is 503. The molecule has 108 valence electrons. The first kappa shape index (κ1) is 16.0. The van der Waals surface area contributed by atoms with Crippen LogP contribution in [-0.4, -0.2) is 34.0 Å². The maximum absolute atomic E-state index is 10.6. The third-order valence-electron chi connectivity index (χ3n) is 2.22. The molecule has 0 radical (unpaired) electrons. The molecule has 1 aliphatic rings. The summed E-state index contributed by atoms with van der Waals surface area (Å²) in [6.07, 6.45) is 0. The number of nitrogens with two attached hydrogens (primary N) is 1. The van der Waals surface area contributed by atoms with Crippen molar-refractivity contribution in [3.8, 4) is 5.75 Å². The number of carbonyl (C=O) groups excluding carboxylic acids is 3. The molecule has 0 spiro atoms. The van der Waals surface area contributed by atoms with E-state index in [4.69, 9.17) is 5.11 Å². The topological polar surface area (TPSA) is 123 Å². The molecule has 2 amide bonds. The van der Waals surface area contributed by atoms with Crippen LogP contribution in [0, 0.1) is 0 Å². The quantitative estimate of drug-likeness (QED) is 0.460. The van der Waals surface area contributed by atoms with Crippen molar-refractivity contribution < 1.29 is 29.9 Å². The smallest absolute Gasteiger partial charge is 0.312 e. The second-order valence-electron chi connectivity index (χ2n) is 3.96. The third kappa shape index (κ3) is 5.72. The highest BCUT2D eigenvalue weighted by Crippen LogP contribution is 2.11.